The van der Waals surface area contributed by atoms with Crippen LogP contribution in [-0.4, -0.2) is 53.7 Å². The fourth-order valence-electron chi connectivity index (χ4n) is 3.41. The molecule has 8 heteroatoms. The summed E-state index contributed by atoms with van der Waals surface area (Å²) in [6.07, 6.45) is 2.74. The summed E-state index contributed by atoms with van der Waals surface area (Å²) in [5, 5.41) is 9.67. The number of carboxylic acid groups (broad SMARTS) is 1. The molecular formula is C22H29N3O4S. The van der Waals surface area contributed by atoms with Gasteiger partial charge >= 0.3 is 5.97 Å². The quantitative estimate of drug-likeness (QED) is 0.547. The van der Waals surface area contributed by atoms with Gasteiger partial charge in [-0.05, 0) is 36.0 Å². The van der Waals surface area contributed by atoms with Crippen LogP contribution in [0.2, 0.25) is 0 Å². The minimum Gasteiger partial charge on any atom is -0.593 e. The van der Waals surface area contributed by atoms with Gasteiger partial charge in [-0.2, -0.15) is 4.31 Å². The predicted molar refractivity (Wildman–Crippen MR) is 119 cm³/mol. The fourth-order valence-corrected chi connectivity index (χ4v) is 4.09. The zero-order valence-corrected chi connectivity index (χ0v) is 18.5. The first-order valence-electron chi connectivity index (χ1n) is 10.0. The van der Waals surface area contributed by atoms with Crippen LogP contribution in [0.5, 0.6) is 0 Å². The van der Waals surface area contributed by atoms with Gasteiger partial charge in [-0.3, -0.25) is 0 Å². The molecule has 0 aliphatic heterocycles. The average Bonchev–Trinajstić information content (AvgIpc) is 3.43. The van der Waals surface area contributed by atoms with Crippen molar-refractivity contribution in [1.29, 1.82) is 0 Å². The predicted octanol–water partition coefficient (Wildman–Crippen LogP) is 3.19. The summed E-state index contributed by atoms with van der Waals surface area (Å²) in [6.45, 7) is 4.52. The first kappa shape index (κ1) is 22.4. The Morgan fingerprint density at radius 3 is 2.53 bits per heavy atom. The molecule has 1 aromatic heterocycles. The molecule has 0 bridgehead atoms. The second-order valence-corrected chi connectivity index (χ2v) is 9.02. The van der Waals surface area contributed by atoms with Gasteiger partial charge in [0.05, 0.1) is 30.1 Å². The molecule has 1 saturated carbocycles. The van der Waals surface area contributed by atoms with Gasteiger partial charge in [0, 0.05) is 20.2 Å². The zero-order valence-electron chi connectivity index (χ0n) is 17.7. The van der Waals surface area contributed by atoms with E-state index in [0.717, 1.165) is 18.5 Å². The van der Waals surface area contributed by atoms with Gasteiger partial charge in [-0.15, -0.1) is 0 Å². The molecule has 1 aliphatic carbocycles. The van der Waals surface area contributed by atoms with Crippen LogP contribution in [-0.2, 0) is 22.6 Å². The Bertz CT molecular complexity index is 850. The van der Waals surface area contributed by atoms with Crippen LogP contribution in [0.3, 0.4) is 0 Å². The van der Waals surface area contributed by atoms with Crippen LogP contribution in [0, 0.1) is 11.8 Å². The van der Waals surface area contributed by atoms with E-state index in [1.54, 1.807) is 23.7 Å². The fraction of sp³-hybridized carbons (Fsp3) is 0.455. The lowest BCUT2D eigenvalue weighted by atomic mass is 10.2. The van der Waals surface area contributed by atoms with Crippen molar-refractivity contribution in [3.8, 4) is 0 Å². The van der Waals surface area contributed by atoms with Crippen molar-refractivity contribution in [3.63, 3.8) is 0 Å². The second kappa shape index (κ2) is 10.1. The van der Waals surface area contributed by atoms with Crippen molar-refractivity contribution >= 4 is 29.0 Å². The smallest absolute Gasteiger partial charge is 0.335 e. The van der Waals surface area contributed by atoms with E-state index in [-0.39, 0.29) is 5.56 Å². The number of rotatable bonds is 11. The van der Waals surface area contributed by atoms with Crippen LogP contribution < -0.4 is 9.21 Å². The molecule has 3 rings (SSSR count). The molecule has 162 valence electrons. The first-order valence-corrected chi connectivity index (χ1v) is 11.5. The topological polar surface area (TPSA) is 89.0 Å². The van der Waals surface area contributed by atoms with E-state index in [9.17, 15) is 14.5 Å². The molecule has 0 saturated heterocycles. The molecule has 7 nitrogen and oxygen atoms in total. The van der Waals surface area contributed by atoms with Crippen molar-refractivity contribution in [1.82, 2.24) is 4.98 Å². The minimum absolute atomic E-state index is 0.129. The van der Waals surface area contributed by atoms with E-state index < -0.39 is 17.3 Å². The Morgan fingerprint density at radius 2 is 1.97 bits per heavy atom. The summed E-state index contributed by atoms with van der Waals surface area (Å²) in [4.78, 5) is 18.6. The zero-order chi connectivity index (χ0) is 21.7. The van der Waals surface area contributed by atoms with Crippen LogP contribution in [0.25, 0.3) is 0 Å². The van der Waals surface area contributed by atoms with Crippen molar-refractivity contribution < 1.29 is 19.2 Å². The second-order valence-electron chi connectivity index (χ2n) is 7.74. The maximum atomic E-state index is 12.5. The van der Waals surface area contributed by atoms with Gasteiger partial charge in [0.25, 0.3) is 0 Å². The van der Waals surface area contributed by atoms with E-state index in [1.807, 2.05) is 30.3 Å². The van der Waals surface area contributed by atoms with Gasteiger partial charge in [-0.1, -0.05) is 37.3 Å². The lowest BCUT2D eigenvalue weighted by Gasteiger charge is -2.27. The number of ether oxygens (including phenoxy) is 1. The Labute approximate surface area is 181 Å². The van der Waals surface area contributed by atoms with Gasteiger partial charge in [0.1, 0.15) is 12.1 Å². The highest BCUT2D eigenvalue weighted by atomic mass is 32.2. The summed E-state index contributed by atoms with van der Waals surface area (Å²) < 4.78 is 19.4. The summed E-state index contributed by atoms with van der Waals surface area (Å²) in [6, 6.07) is 12.7. The number of carboxylic acids is 1. The van der Waals surface area contributed by atoms with Crippen LogP contribution in [0.4, 0.5) is 11.6 Å². The van der Waals surface area contributed by atoms with E-state index in [4.69, 9.17) is 9.72 Å². The van der Waals surface area contributed by atoms with Crippen LogP contribution in [0.1, 0.15) is 29.3 Å². The number of methoxy groups -OCH3 is 1. The molecule has 30 heavy (non-hydrogen) atoms. The third-order valence-corrected chi connectivity index (χ3v) is 6.34. The largest absolute Gasteiger partial charge is 0.593 e. The van der Waals surface area contributed by atoms with Crippen molar-refractivity contribution in [2.24, 2.45) is 11.8 Å². The van der Waals surface area contributed by atoms with E-state index in [2.05, 4.69) is 11.8 Å². The monoisotopic (exact) mass is 431 g/mol. The summed E-state index contributed by atoms with van der Waals surface area (Å²) >= 11 is -1.37. The van der Waals surface area contributed by atoms with E-state index in [1.165, 1.54) is 6.07 Å². The normalized spacial score (nSPS) is 18.7. The van der Waals surface area contributed by atoms with Gasteiger partial charge < -0.3 is 19.3 Å². The van der Waals surface area contributed by atoms with Crippen LogP contribution >= 0.6 is 0 Å². The third-order valence-electron chi connectivity index (χ3n) is 5.40. The number of nitrogens with zero attached hydrogens (tertiary/aromatic N) is 3. The molecule has 3 atom stereocenters. The lowest BCUT2D eigenvalue weighted by Crippen LogP contribution is -2.33. The number of aromatic nitrogens is 1. The molecule has 1 fully saturated rings. The first-order chi connectivity index (χ1) is 14.4. The maximum absolute atomic E-state index is 12.5. The molecule has 3 unspecified atom stereocenters. The third kappa shape index (κ3) is 5.87. The van der Waals surface area contributed by atoms with Gasteiger partial charge in [-0.25, -0.2) is 9.78 Å². The summed E-state index contributed by atoms with van der Waals surface area (Å²) in [5.41, 5.74) is 1.10. The van der Waals surface area contributed by atoms with Crippen molar-refractivity contribution in [3.05, 3.63) is 53.6 Å². The molecular weight excluding hydrogens is 402 g/mol. The maximum Gasteiger partial charge on any atom is 0.335 e. The molecule has 1 N–H and O–H groups in total. The molecule has 0 radical (unpaired) electrons. The highest BCUT2D eigenvalue weighted by Gasteiger charge is 2.34. The number of pyridine rings is 1. The Balaban J connectivity index is 1.95. The number of benzene rings is 1. The van der Waals surface area contributed by atoms with E-state index >= 15 is 0 Å². The van der Waals surface area contributed by atoms with Gasteiger partial charge in [0.2, 0.25) is 0 Å². The minimum atomic E-state index is -1.37. The van der Waals surface area contributed by atoms with Gasteiger partial charge in [0.15, 0.2) is 5.82 Å². The van der Waals surface area contributed by atoms with Crippen LogP contribution in [0.15, 0.2) is 42.5 Å². The van der Waals surface area contributed by atoms with Crippen molar-refractivity contribution in [2.75, 3.05) is 42.3 Å². The van der Waals surface area contributed by atoms with Crippen molar-refractivity contribution in [2.45, 2.75) is 19.9 Å². The molecule has 1 aromatic carbocycles. The number of anilines is 2. The molecule has 1 aliphatic rings. The number of aromatic carboxylic acids is 1. The Morgan fingerprint density at radius 1 is 1.30 bits per heavy atom. The molecule has 2 aromatic rings. The molecule has 0 amide bonds. The number of hydrogen-bond donors (Lipinski definition) is 1. The SMILES string of the molecule is COCCN(CC1CC1C)c1cc(C(=O)O)cc(N(Cc2ccccc2)[S+](C)[O-])n1. The Hall–Kier alpha value is -2.29. The molecule has 1 heterocycles. The molecule has 0 spiro atoms. The lowest BCUT2D eigenvalue weighted by molar-refractivity contribution is 0.0697. The highest BCUT2D eigenvalue weighted by Crippen LogP contribution is 2.39. The standard InChI is InChI=1S/C22H29N3O4S/c1-16-11-19(16)15-24(9-10-29-2)20-12-18(22(26)27)13-21(23-20)25(30(3)28)14-17-7-5-4-6-8-17/h4-8,12-13,16,19H,9-11,14-15H2,1-3H3,(H,26,27). The van der Waals surface area contributed by atoms with E-state index in [0.29, 0.717) is 43.2 Å². The number of hydrogen-bond acceptors (Lipinski definition) is 6. The summed E-state index contributed by atoms with van der Waals surface area (Å²) in [5.74, 6) is 1.16. The average molecular weight is 432 g/mol. The number of carbonyl (C=O) groups is 1. The highest BCUT2D eigenvalue weighted by molar-refractivity contribution is 7.92. The summed E-state index contributed by atoms with van der Waals surface area (Å²) in [7, 11) is 1.65. The Kier molecular flexibility index (Phi) is 7.58.